The van der Waals surface area contributed by atoms with Gasteiger partial charge in [-0.05, 0) is 42.8 Å². The van der Waals surface area contributed by atoms with Crippen LogP contribution in [0.2, 0.25) is 0 Å². The molecule has 6 heteroatoms. The molecule has 0 aliphatic heterocycles. The van der Waals surface area contributed by atoms with Gasteiger partial charge in [0, 0.05) is 5.75 Å². The molecule has 0 atom stereocenters. The lowest BCUT2D eigenvalue weighted by molar-refractivity contribution is -0.113. The third kappa shape index (κ3) is 5.00. The van der Waals surface area contributed by atoms with Crippen molar-refractivity contribution in [2.45, 2.75) is 12.7 Å². The first kappa shape index (κ1) is 17.8. The number of nitrogens with one attached hydrogen (secondary N) is 1. The van der Waals surface area contributed by atoms with Gasteiger partial charge in [0.2, 0.25) is 5.91 Å². The molecule has 2 aromatic rings. The highest BCUT2D eigenvalue weighted by atomic mass is 32.2. The van der Waals surface area contributed by atoms with Crippen LogP contribution in [-0.2, 0) is 10.5 Å². The summed E-state index contributed by atoms with van der Waals surface area (Å²) in [6.07, 6.45) is 0. The molecule has 0 aliphatic rings. The van der Waals surface area contributed by atoms with Crippen molar-refractivity contribution in [1.29, 1.82) is 5.26 Å². The molecule has 1 N–H and O–H groups in total. The van der Waals surface area contributed by atoms with E-state index in [1.807, 2.05) is 25.1 Å². The summed E-state index contributed by atoms with van der Waals surface area (Å²) in [4.78, 5) is 12.0. The Labute approximate surface area is 144 Å². The minimum Gasteiger partial charge on any atom is -0.492 e. The van der Waals surface area contributed by atoms with Crippen molar-refractivity contribution in [3.05, 3.63) is 59.4 Å². The van der Waals surface area contributed by atoms with Gasteiger partial charge in [-0.1, -0.05) is 12.1 Å². The average molecular weight is 344 g/mol. The second kappa shape index (κ2) is 8.94. The topological polar surface area (TPSA) is 62.1 Å². The van der Waals surface area contributed by atoms with Gasteiger partial charge in [-0.15, -0.1) is 11.8 Å². The first-order valence-electron chi connectivity index (χ1n) is 7.42. The summed E-state index contributed by atoms with van der Waals surface area (Å²) in [5.41, 5.74) is 1.44. The Morgan fingerprint density at radius 2 is 2.12 bits per heavy atom. The summed E-state index contributed by atoms with van der Waals surface area (Å²) in [5, 5.41) is 11.6. The zero-order valence-electron chi connectivity index (χ0n) is 13.2. The molecular formula is C18H17FN2O2S. The number of nitrogens with zero attached hydrogens (tertiary/aromatic N) is 1. The molecule has 0 heterocycles. The molecule has 124 valence electrons. The zero-order valence-corrected chi connectivity index (χ0v) is 14.0. The lowest BCUT2D eigenvalue weighted by Crippen LogP contribution is -2.15. The van der Waals surface area contributed by atoms with Gasteiger partial charge in [0.25, 0.3) is 0 Å². The molecular weight excluding hydrogens is 327 g/mol. The normalized spacial score (nSPS) is 10.0. The molecule has 4 nitrogen and oxygen atoms in total. The van der Waals surface area contributed by atoms with Crippen LogP contribution in [0, 0.1) is 17.1 Å². The largest absolute Gasteiger partial charge is 0.492 e. The molecule has 24 heavy (non-hydrogen) atoms. The number of nitriles is 1. The Kier molecular flexibility index (Phi) is 6.64. The zero-order chi connectivity index (χ0) is 17.4. The van der Waals surface area contributed by atoms with Gasteiger partial charge in [0.15, 0.2) is 0 Å². The number of hydrogen-bond donors (Lipinski definition) is 1. The van der Waals surface area contributed by atoms with E-state index >= 15 is 0 Å². The van der Waals surface area contributed by atoms with Crippen LogP contribution in [0.5, 0.6) is 5.75 Å². The maximum atomic E-state index is 13.7. The summed E-state index contributed by atoms with van der Waals surface area (Å²) in [6.45, 7) is 2.38. The van der Waals surface area contributed by atoms with Crippen LogP contribution in [0.4, 0.5) is 10.1 Å². The molecule has 0 fully saturated rings. The van der Waals surface area contributed by atoms with Crippen molar-refractivity contribution in [1.82, 2.24) is 0 Å². The van der Waals surface area contributed by atoms with Crippen molar-refractivity contribution >= 4 is 23.4 Å². The highest BCUT2D eigenvalue weighted by Crippen LogP contribution is 2.24. The summed E-state index contributed by atoms with van der Waals surface area (Å²) >= 11 is 1.28. The quantitative estimate of drug-likeness (QED) is 0.825. The lowest BCUT2D eigenvalue weighted by Gasteiger charge is -2.11. The third-order valence-electron chi connectivity index (χ3n) is 3.13. The number of carbonyl (C=O) groups excluding carboxylic acids is 1. The average Bonchev–Trinajstić information content (AvgIpc) is 2.58. The summed E-state index contributed by atoms with van der Waals surface area (Å²) < 4.78 is 19.1. The highest BCUT2D eigenvalue weighted by Gasteiger charge is 2.09. The molecule has 2 aromatic carbocycles. The van der Waals surface area contributed by atoms with Crippen LogP contribution in [0.15, 0.2) is 42.5 Å². The van der Waals surface area contributed by atoms with E-state index in [1.54, 1.807) is 12.1 Å². The summed E-state index contributed by atoms with van der Waals surface area (Å²) in [7, 11) is 0. The molecule has 0 saturated heterocycles. The van der Waals surface area contributed by atoms with Crippen LogP contribution in [-0.4, -0.2) is 18.3 Å². The fourth-order valence-electron chi connectivity index (χ4n) is 2.05. The second-order valence-corrected chi connectivity index (χ2v) is 5.87. The number of hydrogen-bond acceptors (Lipinski definition) is 4. The van der Waals surface area contributed by atoms with E-state index in [1.165, 1.54) is 30.0 Å². The molecule has 1 amide bonds. The molecule has 0 spiro atoms. The van der Waals surface area contributed by atoms with Gasteiger partial charge >= 0.3 is 0 Å². The molecule has 0 unspecified atom stereocenters. The van der Waals surface area contributed by atoms with E-state index in [0.717, 1.165) is 0 Å². The van der Waals surface area contributed by atoms with Crippen molar-refractivity contribution in [3.8, 4) is 11.8 Å². The Bertz CT molecular complexity index is 759. The maximum absolute atomic E-state index is 13.7. The van der Waals surface area contributed by atoms with Crippen LogP contribution in [0.25, 0.3) is 0 Å². The number of anilines is 1. The number of amides is 1. The van der Waals surface area contributed by atoms with Gasteiger partial charge in [0.05, 0.1) is 29.7 Å². The predicted octanol–water partition coefficient (Wildman–Crippen LogP) is 3.97. The Morgan fingerprint density at radius 3 is 2.88 bits per heavy atom. The van der Waals surface area contributed by atoms with Crippen molar-refractivity contribution < 1.29 is 13.9 Å². The van der Waals surface area contributed by atoms with E-state index in [2.05, 4.69) is 5.32 Å². The fourth-order valence-corrected chi connectivity index (χ4v) is 2.85. The first-order chi connectivity index (χ1) is 11.6. The van der Waals surface area contributed by atoms with Gasteiger partial charge < -0.3 is 10.1 Å². The minimum absolute atomic E-state index is 0.177. The van der Waals surface area contributed by atoms with Gasteiger partial charge in [-0.25, -0.2) is 4.39 Å². The number of thioether (sulfide) groups is 1. The summed E-state index contributed by atoms with van der Waals surface area (Å²) in [5.74, 6) is 0.553. The SMILES string of the molecule is CCOc1ccccc1NC(=O)CSCc1cc(C#N)ccc1F. The highest BCUT2D eigenvalue weighted by molar-refractivity contribution is 7.99. The molecule has 0 saturated carbocycles. The molecule has 2 rings (SSSR count). The Balaban J connectivity index is 1.89. The van der Waals surface area contributed by atoms with Crippen molar-refractivity contribution in [2.24, 2.45) is 0 Å². The standard InChI is InChI=1S/C18H17FN2O2S/c1-2-23-17-6-4-3-5-16(17)21-18(22)12-24-11-14-9-13(10-20)7-8-15(14)19/h3-9H,2,11-12H2,1H3,(H,21,22). The van der Waals surface area contributed by atoms with Crippen molar-refractivity contribution in [2.75, 3.05) is 17.7 Å². The third-order valence-corrected chi connectivity index (χ3v) is 4.11. The number of carbonyl (C=O) groups is 1. The number of benzene rings is 2. The maximum Gasteiger partial charge on any atom is 0.234 e. The molecule has 0 aliphatic carbocycles. The van der Waals surface area contributed by atoms with E-state index < -0.39 is 0 Å². The Hall–Kier alpha value is -2.52. The number of para-hydroxylation sites is 2. The second-order valence-electron chi connectivity index (χ2n) is 4.89. The predicted molar refractivity (Wildman–Crippen MR) is 93.5 cm³/mol. The van der Waals surface area contributed by atoms with Crippen LogP contribution < -0.4 is 10.1 Å². The molecule has 0 aromatic heterocycles. The van der Waals surface area contributed by atoms with Gasteiger partial charge in [-0.2, -0.15) is 5.26 Å². The van der Waals surface area contributed by atoms with Gasteiger partial charge in [0.1, 0.15) is 11.6 Å². The molecule has 0 radical (unpaired) electrons. The Morgan fingerprint density at radius 1 is 1.33 bits per heavy atom. The van der Waals surface area contributed by atoms with Gasteiger partial charge in [-0.3, -0.25) is 4.79 Å². The fraction of sp³-hybridized carbons (Fsp3) is 0.222. The number of halogens is 1. The smallest absolute Gasteiger partial charge is 0.234 e. The van der Waals surface area contributed by atoms with Crippen LogP contribution in [0.1, 0.15) is 18.1 Å². The van der Waals surface area contributed by atoms with E-state index in [4.69, 9.17) is 10.00 Å². The lowest BCUT2D eigenvalue weighted by atomic mass is 10.1. The van der Waals surface area contributed by atoms with E-state index in [-0.39, 0.29) is 17.5 Å². The minimum atomic E-state index is -0.372. The first-order valence-corrected chi connectivity index (χ1v) is 8.57. The van der Waals surface area contributed by atoms with E-state index in [9.17, 15) is 9.18 Å². The number of rotatable bonds is 7. The van der Waals surface area contributed by atoms with Crippen LogP contribution >= 0.6 is 11.8 Å². The van der Waals surface area contributed by atoms with Crippen molar-refractivity contribution in [3.63, 3.8) is 0 Å². The van der Waals surface area contributed by atoms with Crippen LogP contribution in [0.3, 0.4) is 0 Å². The molecule has 0 bridgehead atoms. The van der Waals surface area contributed by atoms with E-state index in [0.29, 0.717) is 34.9 Å². The monoisotopic (exact) mass is 344 g/mol. The summed E-state index contributed by atoms with van der Waals surface area (Å²) in [6, 6.07) is 13.4. The number of ether oxygens (including phenoxy) is 1.